The minimum atomic E-state index is 0.668. The molecule has 17 heavy (non-hydrogen) atoms. The van der Waals surface area contributed by atoms with Crippen LogP contribution in [0.15, 0.2) is 0 Å². The van der Waals surface area contributed by atoms with Gasteiger partial charge in [0.05, 0.1) is 0 Å². The molecule has 0 aromatic rings. The Hall–Kier alpha value is -0.120. The number of hydrogen-bond acceptors (Lipinski definition) is 3. The monoisotopic (exact) mass is 241 g/mol. The smallest absolute Gasteiger partial charge is 0.0113 e. The molecule has 1 fully saturated rings. The van der Waals surface area contributed by atoms with E-state index in [9.17, 15) is 0 Å². The lowest BCUT2D eigenvalue weighted by molar-refractivity contribution is 0.141. The van der Waals surface area contributed by atoms with Crippen molar-refractivity contribution in [1.29, 1.82) is 0 Å². The molecule has 1 rings (SSSR count). The van der Waals surface area contributed by atoms with Gasteiger partial charge < -0.3 is 15.1 Å². The minimum absolute atomic E-state index is 0.668. The Morgan fingerprint density at radius 3 is 2.47 bits per heavy atom. The summed E-state index contributed by atoms with van der Waals surface area (Å²) in [7, 11) is 4.41. The standard InChI is InChI=1S/C14H31N3/c1-5-9-15-13(2)6-10-17-11-7-14(8-12-17)16(3)4/h13-15H,5-12H2,1-4H3. The van der Waals surface area contributed by atoms with E-state index < -0.39 is 0 Å². The third kappa shape index (κ3) is 5.84. The molecule has 3 heteroatoms. The van der Waals surface area contributed by atoms with Crippen molar-refractivity contribution in [2.24, 2.45) is 0 Å². The largest absolute Gasteiger partial charge is 0.314 e. The molecular formula is C14H31N3. The predicted octanol–water partition coefficient (Wildman–Crippen LogP) is 1.79. The summed E-state index contributed by atoms with van der Waals surface area (Å²) in [6, 6.07) is 1.48. The van der Waals surface area contributed by atoms with Gasteiger partial charge in [-0.15, -0.1) is 0 Å². The fourth-order valence-electron chi connectivity index (χ4n) is 2.53. The molecule has 1 aliphatic heterocycles. The van der Waals surface area contributed by atoms with Gasteiger partial charge in [0, 0.05) is 12.1 Å². The van der Waals surface area contributed by atoms with Crippen molar-refractivity contribution >= 4 is 0 Å². The Bertz CT molecular complexity index is 186. The second-order valence-corrected chi connectivity index (χ2v) is 5.68. The molecule has 1 aliphatic rings. The molecule has 0 saturated carbocycles. The van der Waals surface area contributed by atoms with E-state index in [1.165, 1.54) is 45.3 Å². The maximum Gasteiger partial charge on any atom is 0.0113 e. The molecule has 1 saturated heterocycles. The van der Waals surface area contributed by atoms with Crippen molar-refractivity contribution in [1.82, 2.24) is 15.1 Å². The third-order valence-corrected chi connectivity index (χ3v) is 3.91. The van der Waals surface area contributed by atoms with Gasteiger partial charge in [0.1, 0.15) is 0 Å². The van der Waals surface area contributed by atoms with Gasteiger partial charge in [0.2, 0.25) is 0 Å². The van der Waals surface area contributed by atoms with Gasteiger partial charge in [0.25, 0.3) is 0 Å². The number of hydrogen-bond donors (Lipinski definition) is 1. The second kappa shape index (κ2) is 8.06. The average Bonchev–Trinajstić information content (AvgIpc) is 2.34. The summed E-state index contributed by atoms with van der Waals surface area (Å²) in [6.45, 7) is 9.52. The Labute approximate surface area is 108 Å². The van der Waals surface area contributed by atoms with E-state index >= 15 is 0 Å². The van der Waals surface area contributed by atoms with E-state index in [4.69, 9.17) is 0 Å². The SMILES string of the molecule is CCCNC(C)CCN1CCC(N(C)C)CC1. The first-order chi connectivity index (χ1) is 8.13. The van der Waals surface area contributed by atoms with Crippen molar-refractivity contribution < 1.29 is 0 Å². The van der Waals surface area contributed by atoms with E-state index in [1.54, 1.807) is 0 Å². The molecule has 1 atom stereocenters. The molecule has 0 aliphatic carbocycles. The number of piperidine rings is 1. The number of likely N-dealkylation sites (tertiary alicyclic amines) is 1. The molecule has 0 aromatic carbocycles. The summed E-state index contributed by atoms with van der Waals surface area (Å²) in [5.41, 5.74) is 0. The lowest BCUT2D eigenvalue weighted by Gasteiger charge is -2.35. The van der Waals surface area contributed by atoms with Crippen molar-refractivity contribution in [2.45, 2.75) is 51.6 Å². The normalized spacial score (nSPS) is 21.0. The summed E-state index contributed by atoms with van der Waals surface area (Å²) in [5.74, 6) is 0. The highest BCUT2D eigenvalue weighted by Crippen LogP contribution is 2.14. The van der Waals surface area contributed by atoms with Crippen molar-refractivity contribution in [2.75, 3.05) is 40.3 Å². The first-order valence-corrected chi connectivity index (χ1v) is 7.25. The summed E-state index contributed by atoms with van der Waals surface area (Å²) < 4.78 is 0. The predicted molar refractivity (Wildman–Crippen MR) is 75.5 cm³/mol. The molecule has 0 bridgehead atoms. The van der Waals surface area contributed by atoms with Crippen LogP contribution in [0.3, 0.4) is 0 Å². The quantitative estimate of drug-likeness (QED) is 0.733. The number of nitrogens with one attached hydrogen (secondary N) is 1. The summed E-state index contributed by atoms with van der Waals surface area (Å²) in [6.07, 6.45) is 5.19. The fourth-order valence-corrected chi connectivity index (χ4v) is 2.53. The molecule has 0 spiro atoms. The molecule has 0 aromatic heterocycles. The summed E-state index contributed by atoms with van der Waals surface area (Å²) in [5, 5.41) is 3.56. The lowest BCUT2D eigenvalue weighted by Crippen LogP contribution is -2.43. The van der Waals surface area contributed by atoms with Crippen molar-refractivity contribution in [3.05, 3.63) is 0 Å². The molecule has 3 nitrogen and oxygen atoms in total. The van der Waals surface area contributed by atoms with Gasteiger partial charge in [-0.1, -0.05) is 6.92 Å². The lowest BCUT2D eigenvalue weighted by atomic mass is 10.0. The zero-order valence-electron chi connectivity index (χ0n) is 12.2. The Morgan fingerprint density at radius 2 is 1.94 bits per heavy atom. The van der Waals surface area contributed by atoms with E-state index in [-0.39, 0.29) is 0 Å². The van der Waals surface area contributed by atoms with Gasteiger partial charge >= 0.3 is 0 Å². The molecule has 1 unspecified atom stereocenters. The highest BCUT2D eigenvalue weighted by molar-refractivity contribution is 4.77. The van der Waals surface area contributed by atoms with Crippen molar-refractivity contribution in [3.8, 4) is 0 Å². The molecule has 1 heterocycles. The van der Waals surface area contributed by atoms with Crippen LogP contribution in [0.5, 0.6) is 0 Å². The Morgan fingerprint density at radius 1 is 1.29 bits per heavy atom. The fraction of sp³-hybridized carbons (Fsp3) is 1.00. The topological polar surface area (TPSA) is 18.5 Å². The van der Waals surface area contributed by atoms with Crippen LogP contribution < -0.4 is 5.32 Å². The maximum atomic E-state index is 3.56. The Balaban J connectivity index is 2.09. The van der Waals surface area contributed by atoms with Crippen LogP contribution in [0.25, 0.3) is 0 Å². The number of rotatable bonds is 7. The molecule has 1 N–H and O–H groups in total. The van der Waals surface area contributed by atoms with E-state index in [2.05, 4.69) is 43.1 Å². The van der Waals surface area contributed by atoms with Gasteiger partial charge in [-0.05, 0) is 72.9 Å². The van der Waals surface area contributed by atoms with Crippen LogP contribution in [-0.4, -0.2) is 62.2 Å². The second-order valence-electron chi connectivity index (χ2n) is 5.68. The van der Waals surface area contributed by atoms with Crippen LogP contribution in [-0.2, 0) is 0 Å². The molecule has 0 radical (unpaired) electrons. The van der Waals surface area contributed by atoms with Crippen LogP contribution in [0.2, 0.25) is 0 Å². The first-order valence-electron chi connectivity index (χ1n) is 7.25. The highest BCUT2D eigenvalue weighted by atomic mass is 15.2. The van der Waals surface area contributed by atoms with Gasteiger partial charge in [-0.25, -0.2) is 0 Å². The third-order valence-electron chi connectivity index (χ3n) is 3.91. The highest BCUT2D eigenvalue weighted by Gasteiger charge is 2.20. The Kier molecular flexibility index (Phi) is 7.09. The van der Waals surface area contributed by atoms with Crippen LogP contribution in [0.4, 0.5) is 0 Å². The van der Waals surface area contributed by atoms with E-state index in [0.717, 1.165) is 12.6 Å². The van der Waals surface area contributed by atoms with Gasteiger partial charge in [-0.2, -0.15) is 0 Å². The summed E-state index contributed by atoms with van der Waals surface area (Å²) >= 11 is 0. The maximum absolute atomic E-state index is 3.56. The first kappa shape index (κ1) is 14.9. The van der Waals surface area contributed by atoms with Crippen LogP contribution in [0.1, 0.15) is 39.5 Å². The van der Waals surface area contributed by atoms with Crippen LogP contribution >= 0.6 is 0 Å². The number of nitrogens with zero attached hydrogens (tertiary/aromatic N) is 2. The van der Waals surface area contributed by atoms with Gasteiger partial charge in [-0.3, -0.25) is 0 Å². The van der Waals surface area contributed by atoms with E-state index in [0.29, 0.717) is 6.04 Å². The molecular weight excluding hydrogens is 210 g/mol. The molecule has 102 valence electrons. The summed E-state index contributed by atoms with van der Waals surface area (Å²) in [4.78, 5) is 5.01. The zero-order valence-corrected chi connectivity index (χ0v) is 12.2. The molecule has 0 amide bonds. The van der Waals surface area contributed by atoms with Crippen LogP contribution in [0, 0.1) is 0 Å². The van der Waals surface area contributed by atoms with Gasteiger partial charge in [0.15, 0.2) is 0 Å². The van der Waals surface area contributed by atoms with E-state index in [1.807, 2.05) is 0 Å². The minimum Gasteiger partial charge on any atom is -0.314 e. The zero-order chi connectivity index (χ0) is 12.7. The van der Waals surface area contributed by atoms with Crippen molar-refractivity contribution in [3.63, 3.8) is 0 Å². The average molecular weight is 241 g/mol.